The molecule has 4 nitrogen and oxygen atoms in total. The van der Waals surface area contributed by atoms with Gasteiger partial charge in [-0.1, -0.05) is 36.4 Å². The largest absolute Gasteiger partial charge is 0.347 e. The highest BCUT2D eigenvalue weighted by Crippen LogP contribution is 2.23. The minimum atomic E-state index is -0.248. The van der Waals surface area contributed by atoms with Crippen LogP contribution < -0.4 is 10.6 Å². The first-order valence-corrected chi connectivity index (χ1v) is 8.20. The van der Waals surface area contributed by atoms with Gasteiger partial charge in [-0.3, -0.25) is 9.59 Å². The van der Waals surface area contributed by atoms with Gasteiger partial charge in [0, 0.05) is 10.9 Å². The Hall–Kier alpha value is -2.14. The van der Waals surface area contributed by atoms with Gasteiger partial charge in [0.25, 0.3) is 0 Å². The number of rotatable bonds is 6. The van der Waals surface area contributed by atoms with Crippen molar-refractivity contribution in [2.24, 2.45) is 0 Å². The summed E-state index contributed by atoms with van der Waals surface area (Å²) >= 11 is 3.40. The van der Waals surface area contributed by atoms with Gasteiger partial charge in [-0.25, -0.2) is 0 Å². The molecular weight excluding hydrogens is 356 g/mol. The Kier molecular flexibility index (Phi) is 6.35. The van der Waals surface area contributed by atoms with E-state index in [1.54, 1.807) is 0 Å². The van der Waals surface area contributed by atoms with Crippen LogP contribution in [0, 0.1) is 6.92 Å². The highest BCUT2D eigenvalue weighted by molar-refractivity contribution is 9.10. The lowest BCUT2D eigenvalue weighted by atomic mass is 10.1. The number of aryl methyl sites for hydroxylation is 2. The Morgan fingerprint density at radius 2 is 1.78 bits per heavy atom. The Balaban J connectivity index is 1.74. The number of carbonyl (C=O) groups excluding carboxylic acids is 2. The van der Waals surface area contributed by atoms with E-state index in [9.17, 15) is 9.59 Å². The number of hydrogen-bond acceptors (Lipinski definition) is 2. The summed E-state index contributed by atoms with van der Waals surface area (Å²) in [5.41, 5.74) is 2.90. The van der Waals surface area contributed by atoms with E-state index < -0.39 is 0 Å². The highest BCUT2D eigenvalue weighted by Gasteiger charge is 2.08. The normalized spacial score (nSPS) is 10.2. The minimum absolute atomic E-state index is 0.0338. The first-order valence-electron chi connectivity index (χ1n) is 7.41. The molecule has 0 atom stereocenters. The van der Waals surface area contributed by atoms with Crippen molar-refractivity contribution >= 4 is 33.4 Å². The van der Waals surface area contributed by atoms with Gasteiger partial charge >= 0.3 is 0 Å². The van der Waals surface area contributed by atoms with Crippen LogP contribution in [0.15, 0.2) is 53.0 Å². The monoisotopic (exact) mass is 374 g/mol. The van der Waals surface area contributed by atoms with Crippen LogP contribution in [0.5, 0.6) is 0 Å². The van der Waals surface area contributed by atoms with Crippen molar-refractivity contribution in [2.45, 2.75) is 19.8 Å². The van der Waals surface area contributed by atoms with Crippen LogP contribution in [0.4, 0.5) is 5.69 Å². The van der Waals surface area contributed by atoms with E-state index in [1.807, 2.05) is 55.5 Å². The van der Waals surface area contributed by atoms with Gasteiger partial charge in [-0.2, -0.15) is 0 Å². The molecule has 0 aliphatic heterocycles. The molecule has 0 aliphatic rings. The van der Waals surface area contributed by atoms with Gasteiger partial charge in [0.05, 0.1) is 12.2 Å². The molecule has 0 aromatic heterocycles. The van der Waals surface area contributed by atoms with Gasteiger partial charge in [0.2, 0.25) is 11.8 Å². The van der Waals surface area contributed by atoms with Gasteiger partial charge in [0.1, 0.15) is 0 Å². The fourth-order valence-corrected chi connectivity index (χ4v) is 2.68. The molecule has 0 radical (unpaired) electrons. The highest BCUT2D eigenvalue weighted by atomic mass is 79.9. The van der Waals surface area contributed by atoms with E-state index >= 15 is 0 Å². The molecule has 2 aromatic carbocycles. The summed E-state index contributed by atoms with van der Waals surface area (Å²) in [6, 6.07) is 15.5. The Bertz CT molecular complexity index is 687. The van der Waals surface area contributed by atoms with Crippen LogP contribution in [0.3, 0.4) is 0 Å². The van der Waals surface area contributed by atoms with Crippen LogP contribution >= 0.6 is 15.9 Å². The summed E-state index contributed by atoms with van der Waals surface area (Å²) in [5.74, 6) is -0.380. The molecule has 0 saturated carbocycles. The first kappa shape index (κ1) is 17.2. The standard InChI is InChI=1S/C18H19BrN2O2/c1-13-7-9-16(15(19)11-13)21-18(23)12-20-17(22)10-8-14-5-3-2-4-6-14/h2-7,9,11H,8,10,12H2,1H3,(H,20,22)(H,21,23). The third-order valence-electron chi connectivity index (χ3n) is 3.33. The van der Waals surface area contributed by atoms with E-state index in [-0.39, 0.29) is 18.4 Å². The Labute approximate surface area is 144 Å². The predicted octanol–water partition coefficient (Wildman–Crippen LogP) is 3.45. The summed E-state index contributed by atoms with van der Waals surface area (Å²) in [7, 11) is 0. The van der Waals surface area contributed by atoms with Crippen LogP contribution in [0.1, 0.15) is 17.5 Å². The molecule has 0 fully saturated rings. The van der Waals surface area contributed by atoms with E-state index in [0.717, 1.165) is 15.6 Å². The average molecular weight is 375 g/mol. The second-order valence-corrected chi connectivity index (χ2v) is 6.15. The SMILES string of the molecule is Cc1ccc(NC(=O)CNC(=O)CCc2ccccc2)c(Br)c1. The van der Waals surface area contributed by atoms with Crippen molar-refractivity contribution in [3.05, 3.63) is 64.1 Å². The molecule has 0 heterocycles. The van der Waals surface area contributed by atoms with Crippen molar-refractivity contribution in [1.29, 1.82) is 0 Å². The molecule has 2 rings (SSSR count). The smallest absolute Gasteiger partial charge is 0.243 e. The number of nitrogens with one attached hydrogen (secondary N) is 2. The Morgan fingerprint density at radius 3 is 2.48 bits per heavy atom. The van der Waals surface area contributed by atoms with Crippen LogP contribution in [0.25, 0.3) is 0 Å². The molecule has 120 valence electrons. The van der Waals surface area contributed by atoms with Crippen molar-refractivity contribution in [1.82, 2.24) is 5.32 Å². The van der Waals surface area contributed by atoms with E-state index in [2.05, 4.69) is 26.6 Å². The zero-order valence-electron chi connectivity index (χ0n) is 12.9. The lowest BCUT2D eigenvalue weighted by Gasteiger charge is -2.09. The maximum Gasteiger partial charge on any atom is 0.243 e. The predicted molar refractivity (Wildman–Crippen MR) is 95.3 cm³/mol. The van der Waals surface area contributed by atoms with Crippen molar-refractivity contribution in [3.63, 3.8) is 0 Å². The molecular formula is C18H19BrN2O2. The zero-order valence-corrected chi connectivity index (χ0v) is 14.5. The van der Waals surface area contributed by atoms with Gasteiger partial charge < -0.3 is 10.6 Å². The Morgan fingerprint density at radius 1 is 1.04 bits per heavy atom. The van der Waals surface area contributed by atoms with Gasteiger partial charge in [-0.15, -0.1) is 0 Å². The molecule has 0 spiro atoms. The summed E-state index contributed by atoms with van der Waals surface area (Å²) in [5, 5.41) is 5.40. The van der Waals surface area contributed by atoms with Gasteiger partial charge in [-0.05, 0) is 52.5 Å². The molecule has 0 bridgehead atoms. The summed E-state index contributed by atoms with van der Waals surface area (Å²) in [6.45, 7) is 1.94. The molecule has 0 saturated heterocycles. The zero-order chi connectivity index (χ0) is 16.7. The number of benzene rings is 2. The number of carbonyl (C=O) groups is 2. The van der Waals surface area contributed by atoms with Gasteiger partial charge in [0.15, 0.2) is 0 Å². The van der Waals surface area contributed by atoms with Crippen molar-refractivity contribution < 1.29 is 9.59 Å². The van der Waals surface area contributed by atoms with Crippen molar-refractivity contribution in [3.8, 4) is 0 Å². The summed E-state index contributed by atoms with van der Waals surface area (Å²) in [6.07, 6.45) is 1.03. The van der Waals surface area contributed by atoms with Crippen molar-refractivity contribution in [2.75, 3.05) is 11.9 Å². The third kappa shape index (κ3) is 5.87. The van der Waals surface area contributed by atoms with Crippen LogP contribution in [-0.4, -0.2) is 18.4 Å². The maximum absolute atomic E-state index is 11.9. The lowest BCUT2D eigenvalue weighted by Crippen LogP contribution is -2.33. The number of hydrogen-bond donors (Lipinski definition) is 2. The molecule has 23 heavy (non-hydrogen) atoms. The van der Waals surface area contributed by atoms with E-state index in [1.165, 1.54) is 0 Å². The molecule has 0 aliphatic carbocycles. The molecule has 2 amide bonds. The first-order chi connectivity index (χ1) is 11.0. The molecule has 2 N–H and O–H groups in total. The lowest BCUT2D eigenvalue weighted by molar-refractivity contribution is -0.124. The summed E-state index contributed by atoms with van der Waals surface area (Å²) in [4.78, 5) is 23.7. The quantitative estimate of drug-likeness (QED) is 0.813. The fourth-order valence-electron chi connectivity index (χ4n) is 2.09. The van der Waals surface area contributed by atoms with E-state index in [4.69, 9.17) is 0 Å². The van der Waals surface area contributed by atoms with Crippen LogP contribution in [-0.2, 0) is 16.0 Å². The topological polar surface area (TPSA) is 58.2 Å². The van der Waals surface area contributed by atoms with E-state index in [0.29, 0.717) is 18.5 Å². The fraction of sp³-hybridized carbons (Fsp3) is 0.222. The third-order valence-corrected chi connectivity index (χ3v) is 3.98. The molecule has 0 unspecified atom stereocenters. The second kappa shape index (κ2) is 8.48. The minimum Gasteiger partial charge on any atom is -0.347 e. The van der Waals surface area contributed by atoms with Crippen LogP contribution in [0.2, 0.25) is 0 Å². The number of amides is 2. The molecule has 5 heteroatoms. The number of halogens is 1. The maximum atomic E-state index is 11.9. The summed E-state index contributed by atoms with van der Waals surface area (Å²) < 4.78 is 0.821. The molecule has 2 aromatic rings. The number of anilines is 1. The average Bonchev–Trinajstić information content (AvgIpc) is 2.54. The second-order valence-electron chi connectivity index (χ2n) is 5.29.